The molecular formula is C26H31ClN4O3. The van der Waals surface area contributed by atoms with E-state index in [0.717, 1.165) is 35.4 Å². The van der Waals surface area contributed by atoms with Crippen molar-refractivity contribution in [3.8, 4) is 0 Å². The minimum atomic E-state index is -0.828. The number of carbonyl (C=O) groups excluding carboxylic acids is 3. The van der Waals surface area contributed by atoms with Gasteiger partial charge in [0.2, 0.25) is 5.91 Å². The molecule has 0 radical (unpaired) electrons. The van der Waals surface area contributed by atoms with Crippen molar-refractivity contribution in [3.63, 3.8) is 0 Å². The highest BCUT2D eigenvalue weighted by molar-refractivity contribution is 6.30. The Bertz CT molecular complexity index is 1040. The molecule has 34 heavy (non-hydrogen) atoms. The summed E-state index contributed by atoms with van der Waals surface area (Å²) in [7, 11) is 1.94. The van der Waals surface area contributed by atoms with Gasteiger partial charge in [-0.1, -0.05) is 67.3 Å². The molecule has 4 amide bonds. The van der Waals surface area contributed by atoms with Gasteiger partial charge in [-0.25, -0.2) is 4.79 Å². The lowest BCUT2D eigenvalue weighted by atomic mass is 9.82. The van der Waals surface area contributed by atoms with Crippen LogP contribution in [-0.4, -0.2) is 54.5 Å². The Labute approximate surface area is 205 Å². The van der Waals surface area contributed by atoms with Crippen LogP contribution in [0.3, 0.4) is 0 Å². The zero-order valence-corrected chi connectivity index (χ0v) is 20.2. The smallest absolute Gasteiger partial charge is 0.325 e. The summed E-state index contributed by atoms with van der Waals surface area (Å²) >= 11 is 6.15. The number of benzene rings is 2. The molecule has 180 valence electrons. The fourth-order valence-electron chi connectivity index (χ4n) is 4.94. The predicted octanol–water partition coefficient (Wildman–Crippen LogP) is 3.76. The molecule has 4 rings (SSSR count). The average Bonchev–Trinajstić information content (AvgIpc) is 3.03. The standard InChI is InChI=1S/C26H31ClN4O3/c1-30(22-12-8-11-20(27)16-22)17-21(15-19-9-4-2-5-10-19)28-23(32)18-31-24(33)26(29-25(31)34)13-6-3-7-14-26/h2,4-5,8-12,16,21H,3,6-7,13-15,17-18H2,1H3,(H,28,32)(H,29,34)/t21-/m0/s1. The predicted molar refractivity (Wildman–Crippen MR) is 133 cm³/mol. The lowest BCUT2D eigenvalue weighted by Crippen LogP contribution is -2.50. The van der Waals surface area contributed by atoms with Crippen molar-refractivity contribution in [1.82, 2.24) is 15.5 Å². The molecule has 1 saturated carbocycles. The molecule has 2 aliphatic rings. The number of imide groups is 1. The van der Waals surface area contributed by atoms with Crippen LogP contribution in [0.2, 0.25) is 5.02 Å². The van der Waals surface area contributed by atoms with Crippen molar-refractivity contribution in [2.45, 2.75) is 50.1 Å². The normalized spacial score (nSPS) is 18.0. The first-order valence-electron chi connectivity index (χ1n) is 11.8. The summed E-state index contributed by atoms with van der Waals surface area (Å²) in [6, 6.07) is 16.7. The van der Waals surface area contributed by atoms with Crippen LogP contribution in [0, 0.1) is 0 Å². The van der Waals surface area contributed by atoms with E-state index in [4.69, 9.17) is 11.6 Å². The van der Waals surface area contributed by atoms with Gasteiger partial charge in [0.05, 0.1) is 6.04 Å². The number of rotatable bonds is 8. The van der Waals surface area contributed by atoms with Gasteiger partial charge in [-0.3, -0.25) is 14.5 Å². The molecule has 1 aliphatic carbocycles. The van der Waals surface area contributed by atoms with Crippen LogP contribution >= 0.6 is 11.6 Å². The number of halogens is 1. The summed E-state index contributed by atoms with van der Waals surface area (Å²) in [5.41, 5.74) is 1.20. The molecule has 1 atom stereocenters. The minimum Gasteiger partial charge on any atom is -0.372 e. The average molecular weight is 483 g/mol. The Morgan fingerprint density at radius 1 is 1.12 bits per heavy atom. The van der Waals surface area contributed by atoms with Crippen molar-refractivity contribution in [2.75, 3.05) is 25.0 Å². The van der Waals surface area contributed by atoms with Crippen molar-refractivity contribution in [2.24, 2.45) is 0 Å². The molecule has 2 aromatic rings. The van der Waals surface area contributed by atoms with Gasteiger partial charge in [0.1, 0.15) is 12.1 Å². The number of amides is 4. The molecule has 7 nitrogen and oxygen atoms in total. The molecule has 1 heterocycles. The molecule has 1 spiro atoms. The van der Waals surface area contributed by atoms with Crippen LogP contribution in [0.5, 0.6) is 0 Å². The molecule has 1 aliphatic heterocycles. The second kappa shape index (κ2) is 10.5. The third-order valence-corrected chi connectivity index (χ3v) is 6.92. The Balaban J connectivity index is 1.44. The molecule has 2 aromatic carbocycles. The van der Waals surface area contributed by atoms with E-state index in [-0.39, 0.29) is 24.4 Å². The maximum atomic E-state index is 13.0. The highest BCUT2D eigenvalue weighted by Gasteiger charge is 2.51. The molecule has 0 aromatic heterocycles. The Morgan fingerprint density at radius 2 is 1.85 bits per heavy atom. The van der Waals surface area contributed by atoms with E-state index >= 15 is 0 Å². The van der Waals surface area contributed by atoms with E-state index in [9.17, 15) is 14.4 Å². The lowest BCUT2D eigenvalue weighted by Gasteiger charge is -2.30. The quantitative estimate of drug-likeness (QED) is 0.561. The molecule has 2 fully saturated rings. The fourth-order valence-corrected chi connectivity index (χ4v) is 5.12. The third kappa shape index (κ3) is 5.53. The summed E-state index contributed by atoms with van der Waals surface area (Å²) in [5.74, 6) is -0.625. The van der Waals surface area contributed by atoms with Crippen LogP contribution in [0.25, 0.3) is 0 Å². The maximum Gasteiger partial charge on any atom is 0.325 e. The number of hydrogen-bond acceptors (Lipinski definition) is 4. The monoisotopic (exact) mass is 482 g/mol. The molecule has 2 N–H and O–H groups in total. The highest BCUT2D eigenvalue weighted by Crippen LogP contribution is 2.33. The first-order valence-corrected chi connectivity index (χ1v) is 12.2. The highest BCUT2D eigenvalue weighted by atomic mass is 35.5. The van der Waals surface area contributed by atoms with Gasteiger partial charge in [0, 0.05) is 24.3 Å². The summed E-state index contributed by atoms with van der Waals surface area (Å²) in [6.07, 6.45) is 4.75. The van der Waals surface area contributed by atoms with Crippen molar-refractivity contribution in [3.05, 3.63) is 65.2 Å². The van der Waals surface area contributed by atoms with E-state index in [2.05, 4.69) is 10.6 Å². The molecule has 1 saturated heterocycles. The third-order valence-electron chi connectivity index (χ3n) is 6.69. The van der Waals surface area contributed by atoms with Crippen LogP contribution in [0.4, 0.5) is 10.5 Å². The summed E-state index contributed by atoms with van der Waals surface area (Å²) in [4.78, 5) is 41.7. The van der Waals surface area contributed by atoms with Gasteiger partial charge < -0.3 is 15.5 Å². The summed E-state index contributed by atoms with van der Waals surface area (Å²) < 4.78 is 0. The van der Waals surface area contributed by atoms with Crippen molar-refractivity contribution < 1.29 is 14.4 Å². The SMILES string of the molecule is CN(C[C@H](Cc1ccccc1)NC(=O)CN1C(=O)NC2(CCCCC2)C1=O)c1cccc(Cl)c1. The topological polar surface area (TPSA) is 81.8 Å². The molecule has 0 bridgehead atoms. The van der Waals surface area contributed by atoms with Gasteiger partial charge in [-0.15, -0.1) is 0 Å². The number of urea groups is 1. The van der Waals surface area contributed by atoms with Crippen LogP contribution in [-0.2, 0) is 16.0 Å². The maximum absolute atomic E-state index is 13.0. The fraction of sp³-hybridized carbons (Fsp3) is 0.423. The number of nitrogens with one attached hydrogen (secondary N) is 2. The Hall–Kier alpha value is -3.06. The number of hydrogen-bond donors (Lipinski definition) is 2. The van der Waals surface area contributed by atoms with E-state index < -0.39 is 11.6 Å². The van der Waals surface area contributed by atoms with E-state index in [0.29, 0.717) is 30.8 Å². The summed E-state index contributed by atoms with van der Waals surface area (Å²) in [6.45, 7) is 0.254. The Kier molecular flexibility index (Phi) is 7.41. The van der Waals surface area contributed by atoms with E-state index in [1.54, 1.807) is 0 Å². The second-order valence-electron chi connectivity index (χ2n) is 9.28. The lowest BCUT2D eigenvalue weighted by molar-refractivity contribution is -0.136. The van der Waals surface area contributed by atoms with Gasteiger partial charge in [-0.2, -0.15) is 0 Å². The van der Waals surface area contributed by atoms with Gasteiger partial charge in [0.15, 0.2) is 0 Å². The van der Waals surface area contributed by atoms with E-state index in [1.807, 2.05) is 66.5 Å². The van der Waals surface area contributed by atoms with Crippen LogP contribution < -0.4 is 15.5 Å². The molecule has 0 unspecified atom stereocenters. The second-order valence-corrected chi connectivity index (χ2v) is 9.72. The van der Waals surface area contributed by atoms with Gasteiger partial charge in [-0.05, 0) is 43.0 Å². The van der Waals surface area contributed by atoms with Crippen molar-refractivity contribution >= 4 is 35.1 Å². The van der Waals surface area contributed by atoms with Gasteiger partial charge >= 0.3 is 6.03 Å². The first-order chi connectivity index (χ1) is 16.4. The van der Waals surface area contributed by atoms with E-state index in [1.165, 1.54) is 0 Å². The number of carbonyl (C=O) groups is 3. The zero-order valence-electron chi connectivity index (χ0n) is 19.4. The largest absolute Gasteiger partial charge is 0.372 e. The number of anilines is 1. The number of likely N-dealkylation sites (N-methyl/N-ethyl adjacent to an activating group) is 1. The summed E-state index contributed by atoms with van der Waals surface area (Å²) in [5, 5.41) is 6.56. The minimum absolute atomic E-state index is 0.233. The first kappa shape index (κ1) is 24.1. The Morgan fingerprint density at radius 3 is 2.56 bits per heavy atom. The van der Waals surface area contributed by atoms with Crippen LogP contribution in [0.15, 0.2) is 54.6 Å². The van der Waals surface area contributed by atoms with Crippen LogP contribution in [0.1, 0.15) is 37.7 Å². The molecular weight excluding hydrogens is 452 g/mol. The van der Waals surface area contributed by atoms with Crippen molar-refractivity contribution in [1.29, 1.82) is 0 Å². The van der Waals surface area contributed by atoms with Gasteiger partial charge in [0.25, 0.3) is 5.91 Å². The zero-order chi connectivity index (χ0) is 24.1. The number of nitrogens with zero attached hydrogens (tertiary/aromatic N) is 2. The molecule has 8 heteroatoms.